The maximum absolute atomic E-state index is 11.6. The van der Waals surface area contributed by atoms with Gasteiger partial charge < -0.3 is 15.4 Å². The first-order chi connectivity index (χ1) is 9.69. The van der Waals surface area contributed by atoms with Crippen LogP contribution in [0, 0.1) is 0 Å². The predicted molar refractivity (Wildman–Crippen MR) is 76.7 cm³/mol. The number of rotatable bonds is 3. The molecule has 0 radical (unpaired) electrons. The Labute approximate surface area is 119 Å². The van der Waals surface area contributed by atoms with Crippen molar-refractivity contribution in [3.05, 3.63) is 23.9 Å². The van der Waals surface area contributed by atoms with E-state index in [-0.39, 0.29) is 5.97 Å². The molecule has 2 aliphatic rings. The molecule has 2 fully saturated rings. The highest BCUT2D eigenvalue weighted by atomic mass is 16.5. The second-order valence-corrected chi connectivity index (χ2v) is 5.65. The third kappa shape index (κ3) is 2.38. The van der Waals surface area contributed by atoms with E-state index in [0.29, 0.717) is 30.3 Å². The van der Waals surface area contributed by atoms with Crippen LogP contribution in [0.4, 0.5) is 5.82 Å². The maximum Gasteiger partial charge on any atom is 0.339 e. The standard InChI is InChI=1S/C15H21N3O2/c1-2-20-15(19)10-3-6-14(17-9-10)18-12-4-5-13(18)8-11(16)7-12/h3,6,9,11-13H,2,4-5,7-8,16H2,1H3/t11?,12-,13+. The van der Waals surface area contributed by atoms with Gasteiger partial charge in [0, 0.05) is 24.3 Å². The van der Waals surface area contributed by atoms with E-state index in [0.717, 1.165) is 18.7 Å². The lowest BCUT2D eigenvalue weighted by molar-refractivity contribution is 0.0526. The van der Waals surface area contributed by atoms with Crippen LogP contribution in [0.15, 0.2) is 18.3 Å². The van der Waals surface area contributed by atoms with Gasteiger partial charge in [-0.05, 0) is 44.7 Å². The molecule has 20 heavy (non-hydrogen) atoms. The van der Waals surface area contributed by atoms with Crippen molar-refractivity contribution < 1.29 is 9.53 Å². The number of piperidine rings is 1. The molecule has 2 aliphatic heterocycles. The van der Waals surface area contributed by atoms with Gasteiger partial charge in [-0.25, -0.2) is 9.78 Å². The highest BCUT2D eigenvalue weighted by Crippen LogP contribution is 2.37. The number of pyridine rings is 1. The van der Waals surface area contributed by atoms with Gasteiger partial charge in [0.05, 0.1) is 12.2 Å². The molecule has 2 saturated heterocycles. The van der Waals surface area contributed by atoms with E-state index in [1.807, 2.05) is 6.07 Å². The van der Waals surface area contributed by atoms with Crippen LogP contribution in [-0.2, 0) is 4.74 Å². The van der Waals surface area contributed by atoms with E-state index in [1.54, 1.807) is 19.2 Å². The number of anilines is 1. The first-order valence-electron chi connectivity index (χ1n) is 7.36. The van der Waals surface area contributed by atoms with Crippen molar-refractivity contribution in [3.8, 4) is 0 Å². The summed E-state index contributed by atoms with van der Waals surface area (Å²) in [6.45, 7) is 2.18. The van der Waals surface area contributed by atoms with Gasteiger partial charge in [0.1, 0.15) is 5.82 Å². The molecule has 1 aromatic rings. The molecular formula is C15H21N3O2. The Morgan fingerprint density at radius 1 is 1.40 bits per heavy atom. The number of carbonyl (C=O) groups excluding carboxylic acids is 1. The summed E-state index contributed by atoms with van der Waals surface area (Å²) in [4.78, 5) is 18.5. The first-order valence-corrected chi connectivity index (χ1v) is 7.36. The smallest absolute Gasteiger partial charge is 0.339 e. The van der Waals surface area contributed by atoms with Crippen molar-refractivity contribution in [2.75, 3.05) is 11.5 Å². The van der Waals surface area contributed by atoms with E-state index in [9.17, 15) is 4.79 Å². The van der Waals surface area contributed by atoms with Crippen LogP contribution in [0.25, 0.3) is 0 Å². The Balaban J connectivity index is 1.77. The molecule has 5 nitrogen and oxygen atoms in total. The fourth-order valence-corrected chi connectivity index (χ4v) is 3.47. The summed E-state index contributed by atoms with van der Waals surface area (Å²) in [5.74, 6) is 0.646. The molecule has 0 spiro atoms. The Hall–Kier alpha value is -1.62. The molecule has 0 aromatic carbocycles. The molecular weight excluding hydrogens is 254 g/mol. The number of esters is 1. The van der Waals surface area contributed by atoms with E-state index < -0.39 is 0 Å². The topological polar surface area (TPSA) is 68.5 Å². The van der Waals surface area contributed by atoms with Gasteiger partial charge in [0.15, 0.2) is 0 Å². The summed E-state index contributed by atoms with van der Waals surface area (Å²) in [5.41, 5.74) is 6.60. The predicted octanol–water partition coefficient (Wildman–Crippen LogP) is 1.72. The van der Waals surface area contributed by atoms with Gasteiger partial charge >= 0.3 is 5.97 Å². The molecule has 108 valence electrons. The Kier molecular flexibility index (Phi) is 3.61. The SMILES string of the molecule is CCOC(=O)c1ccc(N2[C@@H]3CC[C@H]2CC(N)C3)nc1. The zero-order valence-corrected chi connectivity index (χ0v) is 11.8. The Morgan fingerprint density at radius 2 is 2.10 bits per heavy atom. The van der Waals surface area contributed by atoms with Crippen LogP contribution in [0.5, 0.6) is 0 Å². The third-order valence-electron chi connectivity index (χ3n) is 4.29. The largest absolute Gasteiger partial charge is 0.462 e. The summed E-state index contributed by atoms with van der Waals surface area (Å²) < 4.78 is 4.97. The molecule has 5 heteroatoms. The van der Waals surface area contributed by atoms with Gasteiger partial charge in [0.2, 0.25) is 0 Å². The molecule has 0 saturated carbocycles. The average Bonchev–Trinajstić information content (AvgIpc) is 2.71. The van der Waals surface area contributed by atoms with E-state index in [1.165, 1.54) is 12.8 Å². The van der Waals surface area contributed by atoms with Crippen LogP contribution in [0.3, 0.4) is 0 Å². The second-order valence-electron chi connectivity index (χ2n) is 5.65. The third-order valence-corrected chi connectivity index (χ3v) is 4.29. The highest BCUT2D eigenvalue weighted by molar-refractivity contribution is 5.89. The number of nitrogens with zero attached hydrogens (tertiary/aromatic N) is 2. The number of nitrogens with two attached hydrogens (primary N) is 1. The highest BCUT2D eigenvalue weighted by Gasteiger charge is 2.40. The number of fused-ring (bicyclic) bond motifs is 2. The Morgan fingerprint density at radius 3 is 2.65 bits per heavy atom. The maximum atomic E-state index is 11.6. The lowest BCUT2D eigenvalue weighted by atomic mass is 9.98. The number of hydrogen-bond acceptors (Lipinski definition) is 5. The van der Waals surface area contributed by atoms with Crippen LogP contribution in [-0.4, -0.2) is 35.7 Å². The molecule has 0 amide bonds. The van der Waals surface area contributed by atoms with Crippen molar-refractivity contribution in [2.45, 2.75) is 50.7 Å². The minimum atomic E-state index is -0.310. The fraction of sp³-hybridized carbons (Fsp3) is 0.600. The van der Waals surface area contributed by atoms with Gasteiger partial charge in [-0.3, -0.25) is 0 Å². The summed E-state index contributed by atoms with van der Waals surface area (Å²) >= 11 is 0. The van der Waals surface area contributed by atoms with Crippen LogP contribution >= 0.6 is 0 Å². The zero-order valence-electron chi connectivity index (χ0n) is 11.8. The Bertz CT molecular complexity index is 474. The van der Waals surface area contributed by atoms with E-state index in [4.69, 9.17) is 10.5 Å². The monoisotopic (exact) mass is 275 g/mol. The molecule has 3 heterocycles. The molecule has 3 rings (SSSR count). The molecule has 2 bridgehead atoms. The average molecular weight is 275 g/mol. The van der Waals surface area contributed by atoms with Crippen LogP contribution in [0.1, 0.15) is 43.0 Å². The van der Waals surface area contributed by atoms with Crippen LogP contribution in [0.2, 0.25) is 0 Å². The normalized spacial score (nSPS) is 28.5. The molecule has 2 N–H and O–H groups in total. The minimum absolute atomic E-state index is 0.310. The van der Waals surface area contributed by atoms with Crippen molar-refractivity contribution in [2.24, 2.45) is 5.73 Å². The van der Waals surface area contributed by atoms with Gasteiger partial charge in [-0.15, -0.1) is 0 Å². The second kappa shape index (κ2) is 5.40. The zero-order chi connectivity index (χ0) is 14.1. The van der Waals surface area contributed by atoms with E-state index >= 15 is 0 Å². The minimum Gasteiger partial charge on any atom is -0.462 e. The summed E-state index contributed by atoms with van der Waals surface area (Å²) in [5, 5.41) is 0. The summed E-state index contributed by atoms with van der Waals surface area (Å²) in [6, 6.07) is 5.06. The molecule has 1 aromatic heterocycles. The molecule has 3 atom stereocenters. The number of ether oxygens (including phenoxy) is 1. The first kappa shape index (κ1) is 13.4. The van der Waals surface area contributed by atoms with Gasteiger partial charge in [-0.1, -0.05) is 0 Å². The van der Waals surface area contributed by atoms with Crippen molar-refractivity contribution >= 4 is 11.8 Å². The quantitative estimate of drug-likeness (QED) is 0.851. The summed E-state index contributed by atoms with van der Waals surface area (Å²) in [7, 11) is 0. The van der Waals surface area contributed by atoms with Crippen molar-refractivity contribution in [1.29, 1.82) is 0 Å². The number of aromatic nitrogens is 1. The van der Waals surface area contributed by atoms with Gasteiger partial charge in [-0.2, -0.15) is 0 Å². The molecule has 1 unspecified atom stereocenters. The van der Waals surface area contributed by atoms with E-state index in [2.05, 4.69) is 9.88 Å². The molecule has 0 aliphatic carbocycles. The lowest BCUT2D eigenvalue weighted by Gasteiger charge is -2.38. The van der Waals surface area contributed by atoms with Crippen molar-refractivity contribution in [3.63, 3.8) is 0 Å². The number of hydrogen-bond donors (Lipinski definition) is 1. The van der Waals surface area contributed by atoms with Gasteiger partial charge in [0.25, 0.3) is 0 Å². The van der Waals surface area contributed by atoms with Crippen LogP contribution < -0.4 is 10.6 Å². The fourth-order valence-electron chi connectivity index (χ4n) is 3.47. The lowest BCUT2D eigenvalue weighted by Crippen LogP contribution is -2.47. The van der Waals surface area contributed by atoms with Crippen molar-refractivity contribution in [1.82, 2.24) is 4.98 Å². The number of carbonyl (C=O) groups is 1. The summed E-state index contributed by atoms with van der Waals surface area (Å²) in [6.07, 6.45) is 6.08.